The van der Waals surface area contributed by atoms with Gasteiger partial charge < -0.3 is 9.15 Å². The first-order valence-corrected chi connectivity index (χ1v) is 7.10. The molecular formula is C14H11N3O3S. The highest BCUT2D eigenvalue weighted by atomic mass is 32.1. The van der Waals surface area contributed by atoms with Crippen molar-refractivity contribution >= 4 is 17.3 Å². The zero-order chi connectivity index (χ0) is 14.7. The van der Waals surface area contributed by atoms with Gasteiger partial charge in [0, 0.05) is 12.4 Å². The number of ether oxygens (including phenoxy) is 1. The van der Waals surface area contributed by atoms with Crippen LogP contribution in [0.3, 0.4) is 0 Å². The molecule has 3 rings (SSSR count). The number of carbonyl (C=O) groups excluding carboxylic acids is 1. The Bertz CT molecular complexity index is 725. The molecule has 7 heteroatoms. The molecule has 1 atom stereocenters. The van der Waals surface area contributed by atoms with E-state index in [1.807, 2.05) is 17.5 Å². The third-order valence-electron chi connectivity index (χ3n) is 2.72. The summed E-state index contributed by atoms with van der Waals surface area (Å²) in [4.78, 5) is 16.7. The Hall–Kier alpha value is -2.54. The van der Waals surface area contributed by atoms with Gasteiger partial charge in [-0.2, -0.15) is 0 Å². The average molecular weight is 301 g/mol. The summed E-state index contributed by atoms with van der Waals surface area (Å²) in [5.74, 6) is 0.230. The third-order valence-corrected chi connectivity index (χ3v) is 3.58. The number of nitrogens with zero attached hydrogens (tertiary/aromatic N) is 3. The van der Waals surface area contributed by atoms with E-state index in [4.69, 9.17) is 9.15 Å². The highest BCUT2D eigenvalue weighted by Crippen LogP contribution is 2.26. The van der Waals surface area contributed by atoms with Crippen LogP contribution in [0, 0.1) is 0 Å². The molecule has 0 aliphatic rings. The Balaban J connectivity index is 1.71. The van der Waals surface area contributed by atoms with E-state index in [1.54, 1.807) is 19.1 Å². The van der Waals surface area contributed by atoms with E-state index in [2.05, 4.69) is 15.2 Å². The Kier molecular flexibility index (Phi) is 3.74. The predicted octanol–water partition coefficient (Wildman–Crippen LogP) is 3.11. The van der Waals surface area contributed by atoms with Crippen LogP contribution in [0.2, 0.25) is 0 Å². The van der Waals surface area contributed by atoms with Gasteiger partial charge in [0.1, 0.15) is 0 Å². The van der Waals surface area contributed by atoms with Crippen molar-refractivity contribution < 1.29 is 13.9 Å². The first-order chi connectivity index (χ1) is 10.2. The molecule has 6 nitrogen and oxygen atoms in total. The maximum absolute atomic E-state index is 11.9. The fourth-order valence-corrected chi connectivity index (χ4v) is 2.31. The molecule has 0 amide bonds. The first-order valence-electron chi connectivity index (χ1n) is 6.22. The van der Waals surface area contributed by atoms with Crippen molar-refractivity contribution in [3.63, 3.8) is 0 Å². The molecule has 3 aromatic heterocycles. The lowest BCUT2D eigenvalue weighted by Crippen LogP contribution is -2.09. The Morgan fingerprint density at radius 3 is 2.81 bits per heavy atom. The molecule has 0 saturated carbocycles. The quantitative estimate of drug-likeness (QED) is 0.689. The van der Waals surface area contributed by atoms with Gasteiger partial charge in [-0.1, -0.05) is 6.07 Å². The van der Waals surface area contributed by atoms with Crippen molar-refractivity contribution in [1.29, 1.82) is 0 Å². The third kappa shape index (κ3) is 2.97. The van der Waals surface area contributed by atoms with Crippen molar-refractivity contribution in [3.8, 4) is 10.8 Å². The summed E-state index contributed by atoms with van der Waals surface area (Å²) >= 11 is 1.50. The normalized spacial score (nSPS) is 12.0. The van der Waals surface area contributed by atoms with Gasteiger partial charge in [-0.3, -0.25) is 4.98 Å². The maximum Gasteiger partial charge on any atom is 0.339 e. The minimum absolute atomic E-state index is 0.265. The minimum atomic E-state index is -0.619. The topological polar surface area (TPSA) is 78.1 Å². The zero-order valence-electron chi connectivity index (χ0n) is 11.1. The SMILES string of the molecule is C[C@H](OC(=O)c1ccncc1)c1nnc(-c2cccs2)o1. The second kappa shape index (κ2) is 5.84. The average Bonchev–Trinajstić information content (AvgIpc) is 3.19. The van der Waals surface area contributed by atoms with Gasteiger partial charge in [0.15, 0.2) is 6.10 Å². The molecule has 0 unspecified atom stereocenters. The number of thiophene rings is 1. The molecule has 0 spiro atoms. The highest BCUT2D eigenvalue weighted by molar-refractivity contribution is 7.13. The van der Waals surface area contributed by atoms with Gasteiger partial charge in [0.05, 0.1) is 10.4 Å². The van der Waals surface area contributed by atoms with Crippen LogP contribution >= 0.6 is 11.3 Å². The van der Waals surface area contributed by atoms with E-state index in [0.29, 0.717) is 11.5 Å². The molecule has 0 fully saturated rings. The molecule has 0 radical (unpaired) electrons. The van der Waals surface area contributed by atoms with Crippen LogP contribution in [0.1, 0.15) is 29.3 Å². The van der Waals surface area contributed by atoms with Crippen LogP contribution in [0.15, 0.2) is 46.5 Å². The molecule has 0 saturated heterocycles. The summed E-state index contributed by atoms with van der Waals surface area (Å²) in [6.07, 6.45) is 2.44. The predicted molar refractivity (Wildman–Crippen MR) is 75.7 cm³/mol. The molecule has 3 heterocycles. The molecular weight excluding hydrogens is 290 g/mol. The van der Waals surface area contributed by atoms with E-state index >= 15 is 0 Å². The number of aromatic nitrogens is 3. The summed E-state index contributed by atoms with van der Waals surface area (Å²) in [6, 6.07) is 6.95. The first kappa shape index (κ1) is 13.4. The number of hydrogen-bond donors (Lipinski definition) is 0. The summed E-state index contributed by atoms with van der Waals surface area (Å²) in [5, 5.41) is 9.79. The van der Waals surface area contributed by atoms with E-state index in [0.717, 1.165) is 4.88 Å². The number of pyridine rings is 1. The van der Waals surface area contributed by atoms with Crippen LogP contribution in [0.5, 0.6) is 0 Å². The highest BCUT2D eigenvalue weighted by Gasteiger charge is 2.20. The second-order valence-electron chi connectivity index (χ2n) is 4.21. The van der Waals surface area contributed by atoms with Gasteiger partial charge in [0.25, 0.3) is 11.8 Å². The molecule has 0 bridgehead atoms. The Morgan fingerprint density at radius 2 is 2.10 bits per heavy atom. The van der Waals surface area contributed by atoms with Crippen LogP contribution in [0.4, 0.5) is 0 Å². The van der Waals surface area contributed by atoms with Crippen LogP contribution < -0.4 is 0 Å². The fourth-order valence-electron chi connectivity index (χ4n) is 1.67. The second-order valence-corrected chi connectivity index (χ2v) is 5.15. The van der Waals surface area contributed by atoms with Crippen molar-refractivity contribution in [1.82, 2.24) is 15.2 Å². The van der Waals surface area contributed by atoms with Crippen molar-refractivity contribution in [2.45, 2.75) is 13.0 Å². The van der Waals surface area contributed by atoms with E-state index in [-0.39, 0.29) is 5.89 Å². The van der Waals surface area contributed by atoms with E-state index in [1.165, 1.54) is 23.7 Å². The number of rotatable bonds is 4. The summed E-state index contributed by atoms with van der Waals surface area (Å²) in [7, 11) is 0. The summed E-state index contributed by atoms with van der Waals surface area (Å²) in [6.45, 7) is 1.69. The number of carbonyl (C=O) groups is 1. The molecule has 0 aromatic carbocycles. The molecule has 3 aromatic rings. The van der Waals surface area contributed by atoms with E-state index in [9.17, 15) is 4.79 Å². The van der Waals surface area contributed by atoms with Gasteiger partial charge in [-0.05, 0) is 30.5 Å². The molecule has 106 valence electrons. The van der Waals surface area contributed by atoms with E-state index < -0.39 is 12.1 Å². The number of esters is 1. The van der Waals surface area contributed by atoms with Crippen LogP contribution in [-0.2, 0) is 4.74 Å². The van der Waals surface area contributed by atoms with Gasteiger partial charge in [-0.25, -0.2) is 4.79 Å². The lowest BCUT2D eigenvalue weighted by Gasteiger charge is -2.08. The van der Waals surface area contributed by atoms with Crippen LogP contribution in [-0.4, -0.2) is 21.2 Å². The smallest absolute Gasteiger partial charge is 0.339 e. The van der Waals surface area contributed by atoms with Crippen molar-refractivity contribution in [2.75, 3.05) is 0 Å². The molecule has 0 aliphatic heterocycles. The summed E-state index contributed by atoms with van der Waals surface area (Å²) in [5.41, 5.74) is 0.426. The Labute approximate surface area is 124 Å². The molecule has 0 aliphatic carbocycles. The maximum atomic E-state index is 11.9. The lowest BCUT2D eigenvalue weighted by molar-refractivity contribution is 0.0280. The fraction of sp³-hybridized carbons (Fsp3) is 0.143. The monoisotopic (exact) mass is 301 g/mol. The van der Waals surface area contributed by atoms with Gasteiger partial charge >= 0.3 is 5.97 Å². The molecule has 0 N–H and O–H groups in total. The lowest BCUT2D eigenvalue weighted by atomic mass is 10.3. The Morgan fingerprint density at radius 1 is 1.29 bits per heavy atom. The zero-order valence-corrected chi connectivity index (χ0v) is 11.9. The van der Waals surface area contributed by atoms with Crippen molar-refractivity contribution in [3.05, 3.63) is 53.5 Å². The number of hydrogen-bond acceptors (Lipinski definition) is 7. The van der Waals surface area contributed by atoms with Gasteiger partial charge in [-0.15, -0.1) is 21.5 Å². The van der Waals surface area contributed by atoms with Gasteiger partial charge in [0.2, 0.25) is 0 Å². The largest absolute Gasteiger partial charge is 0.449 e. The minimum Gasteiger partial charge on any atom is -0.449 e. The van der Waals surface area contributed by atoms with Crippen molar-refractivity contribution in [2.24, 2.45) is 0 Å². The summed E-state index contributed by atoms with van der Waals surface area (Å²) < 4.78 is 10.8. The van der Waals surface area contributed by atoms with Crippen LogP contribution in [0.25, 0.3) is 10.8 Å². The molecule has 21 heavy (non-hydrogen) atoms. The standard InChI is InChI=1S/C14H11N3O3S/c1-9(19-14(18)10-4-6-15-7-5-10)12-16-17-13(20-12)11-3-2-8-21-11/h2-9H,1H3/t9-/m0/s1.